The van der Waals surface area contributed by atoms with Crippen molar-refractivity contribution >= 4 is 5.97 Å². The van der Waals surface area contributed by atoms with Crippen molar-refractivity contribution in [1.29, 1.82) is 0 Å². The molecule has 0 aliphatic heterocycles. The van der Waals surface area contributed by atoms with E-state index < -0.39 is 0 Å². The first-order valence-electron chi connectivity index (χ1n) is 14.0. The molecule has 3 aromatic rings. The Morgan fingerprint density at radius 2 is 1.26 bits per heavy atom. The highest BCUT2D eigenvalue weighted by atomic mass is 16.5. The molecule has 38 heavy (non-hydrogen) atoms. The van der Waals surface area contributed by atoms with E-state index >= 15 is 0 Å². The first-order chi connectivity index (χ1) is 18.6. The fourth-order valence-corrected chi connectivity index (χ4v) is 3.96. The number of unbranched alkanes of at least 4 members (excludes halogenated alkanes) is 6. The molecule has 1 unspecified atom stereocenters. The molecule has 0 saturated carbocycles. The van der Waals surface area contributed by atoms with Crippen LogP contribution in [0, 0.1) is 5.92 Å². The Labute approximate surface area is 228 Å². The standard InChI is InChI=1S/C34H42O4/c1-4-6-7-8-9-10-11-12-25-36-31-21-23-33(24-22-31)38-34(35)30-15-13-28(14-16-30)29-17-19-32(20-18-29)37-26-27(3)5-2/h4,13-24,27H,1,5-12,25-26H2,2-3H3. The summed E-state index contributed by atoms with van der Waals surface area (Å²) >= 11 is 0. The smallest absolute Gasteiger partial charge is 0.343 e. The van der Waals surface area contributed by atoms with E-state index in [1.807, 2.05) is 54.6 Å². The summed E-state index contributed by atoms with van der Waals surface area (Å²) in [6.45, 7) is 9.53. The molecule has 0 aliphatic rings. The van der Waals surface area contributed by atoms with Gasteiger partial charge in [-0.15, -0.1) is 6.58 Å². The van der Waals surface area contributed by atoms with E-state index in [0.717, 1.165) is 48.5 Å². The summed E-state index contributed by atoms with van der Waals surface area (Å²) in [5.74, 6) is 2.31. The van der Waals surface area contributed by atoms with Crippen molar-refractivity contribution in [1.82, 2.24) is 0 Å². The van der Waals surface area contributed by atoms with E-state index in [9.17, 15) is 4.79 Å². The van der Waals surface area contributed by atoms with E-state index in [2.05, 4.69) is 20.4 Å². The highest BCUT2D eigenvalue weighted by Gasteiger charge is 2.10. The summed E-state index contributed by atoms with van der Waals surface area (Å²) in [4.78, 5) is 12.6. The van der Waals surface area contributed by atoms with Crippen LogP contribution < -0.4 is 14.2 Å². The lowest BCUT2D eigenvalue weighted by molar-refractivity contribution is 0.0734. The molecule has 0 saturated heterocycles. The highest BCUT2D eigenvalue weighted by molar-refractivity contribution is 5.91. The van der Waals surface area contributed by atoms with Crippen LogP contribution in [0.2, 0.25) is 0 Å². The van der Waals surface area contributed by atoms with E-state index in [-0.39, 0.29) is 5.97 Å². The van der Waals surface area contributed by atoms with Crippen molar-refractivity contribution in [3.63, 3.8) is 0 Å². The summed E-state index contributed by atoms with van der Waals surface area (Å²) in [6.07, 6.45) is 11.5. The molecule has 4 nitrogen and oxygen atoms in total. The third-order valence-electron chi connectivity index (χ3n) is 6.65. The predicted octanol–water partition coefficient (Wildman–Crippen LogP) is 9.29. The summed E-state index contributed by atoms with van der Waals surface area (Å²) in [5.41, 5.74) is 2.61. The van der Waals surface area contributed by atoms with Gasteiger partial charge in [0.05, 0.1) is 18.8 Å². The minimum atomic E-state index is -0.382. The average Bonchev–Trinajstić information content (AvgIpc) is 2.96. The zero-order chi connectivity index (χ0) is 27.0. The number of hydrogen-bond donors (Lipinski definition) is 0. The Bertz CT molecular complexity index is 1080. The van der Waals surface area contributed by atoms with Crippen molar-refractivity contribution in [2.75, 3.05) is 13.2 Å². The first kappa shape index (κ1) is 29.0. The summed E-state index contributed by atoms with van der Waals surface area (Å²) in [5, 5.41) is 0. The molecule has 0 N–H and O–H groups in total. The number of carbonyl (C=O) groups excluding carboxylic acids is 1. The van der Waals surface area contributed by atoms with Crippen LogP contribution in [-0.2, 0) is 0 Å². The second kappa shape index (κ2) is 16.3. The molecule has 0 radical (unpaired) electrons. The molecule has 3 aromatic carbocycles. The molecule has 0 aromatic heterocycles. The fourth-order valence-electron chi connectivity index (χ4n) is 3.96. The van der Waals surface area contributed by atoms with Gasteiger partial charge in [0.2, 0.25) is 0 Å². The molecule has 0 heterocycles. The number of hydrogen-bond acceptors (Lipinski definition) is 4. The van der Waals surface area contributed by atoms with Gasteiger partial charge in [-0.1, -0.05) is 76.3 Å². The molecule has 0 fully saturated rings. The van der Waals surface area contributed by atoms with Gasteiger partial charge in [0.15, 0.2) is 0 Å². The number of ether oxygens (including phenoxy) is 3. The minimum Gasteiger partial charge on any atom is -0.494 e. The Kier molecular flexibility index (Phi) is 12.5. The molecule has 0 amide bonds. The third-order valence-corrected chi connectivity index (χ3v) is 6.65. The summed E-state index contributed by atoms with van der Waals surface area (Å²) in [6, 6.07) is 22.7. The lowest BCUT2D eigenvalue weighted by Gasteiger charge is -2.11. The zero-order valence-corrected chi connectivity index (χ0v) is 23.0. The topological polar surface area (TPSA) is 44.8 Å². The molecule has 202 valence electrons. The highest BCUT2D eigenvalue weighted by Crippen LogP contribution is 2.24. The molecule has 0 aliphatic carbocycles. The van der Waals surface area contributed by atoms with Gasteiger partial charge < -0.3 is 14.2 Å². The van der Waals surface area contributed by atoms with Crippen LogP contribution in [0.1, 0.15) is 75.6 Å². The van der Waals surface area contributed by atoms with Crippen LogP contribution in [0.5, 0.6) is 17.2 Å². The van der Waals surface area contributed by atoms with Gasteiger partial charge in [-0.05, 0) is 84.8 Å². The molecule has 0 spiro atoms. The lowest BCUT2D eigenvalue weighted by atomic mass is 10.0. The average molecular weight is 515 g/mol. The largest absolute Gasteiger partial charge is 0.494 e. The third kappa shape index (κ3) is 10.1. The Morgan fingerprint density at radius 1 is 0.737 bits per heavy atom. The van der Waals surface area contributed by atoms with Crippen LogP contribution in [0.15, 0.2) is 85.5 Å². The minimum absolute atomic E-state index is 0.382. The van der Waals surface area contributed by atoms with Crippen LogP contribution in [0.3, 0.4) is 0 Å². The first-order valence-corrected chi connectivity index (χ1v) is 14.0. The van der Waals surface area contributed by atoms with Crippen LogP contribution >= 0.6 is 0 Å². The van der Waals surface area contributed by atoms with Crippen molar-refractivity contribution in [2.24, 2.45) is 5.92 Å². The van der Waals surface area contributed by atoms with E-state index in [1.54, 1.807) is 24.3 Å². The van der Waals surface area contributed by atoms with Crippen LogP contribution in [-0.4, -0.2) is 19.2 Å². The van der Waals surface area contributed by atoms with E-state index in [4.69, 9.17) is 14.2 Å². The maximum Gasteiger partial charge on any atom is 0.343 e. The number of esters is 1. The SMILES string of the molecule is C=CCCCCCCCCOc1ccc(OC(=O)c2ccc(-c3ccc(OCC(C)CC)cc3)cc2)cc1. The fraction of sp³-hybridized carbons (Fsp3) is 0.382. The number of allylic oxidation sites excluding steroid dienone is 1. The second-order valence-electron chi connectivity index (χ2n) is 9.83. The number of carbonyl (C=O) groups is 1. The lowest BCUT2D eigenvalue weighted by Crippen LogP contribution is -2.08. The van der Waals surface area contributed by atoms with Crippen molar-refractivity contribution in [3.05, 3.63) is 91.0 Å². The van der Waals surface area contributed by atoms with Crippen LogP contribution in [0.4, 0.5) is 0 Å². The Balaban J connectivity index is 1.40. The van der Waals surface area contributed by atoms with Gasteiger partial charge in [0.1, 0.15) is 17.2 Å². The van der Waals surface area contributed by atoms with Gasteiger partial charge in [-0.25, -0.2) is 4.79 Å². The molecule has 4 heteroatoms. The van der Waals surface area contributed by atoms with Gasteiger partial charge in [-0.3, -0.25) is 0 Å². The molecule has 3 rings (SSSR count). The maximum absolute atomic E-state index is 12.6. The van der Waals surface area contributed by atoms with E-state index in [1.165, 1.54) is 32.1 Å². The molecule has 1 atom stereocenters. The maximum atomic E-state index is 12.6. The van der Waals surface area contributed by atoms with Gasteiger partial charge in [0.25, 0.3) is 0 Å². The van der Waals surface area contributed by atoms with Gasteiger partial charge >= 0.3 is 5.97 Å². The van der Waals surface area contributed by atoms with Gasteiger partial charge in [-0.2, -0.15) is 0 Å². The Morgan fingerprint density at radius 3 is 1.89 bits per heavy atom. The molecular weight excluding hydrogens is 472 g/mol. The Hall–Kier alpha value is -3.53. The molecular formula is C34H42O4. The normalized spacial score (nSPS) is 11.5. The van der Waals surface area contributed by atoms with Crippen LogP contribution in [0.25, 0.3) is 11.1 Å². The summed E-state index contributed by atoms with van der Waals surface area (Å²) in [7, 11) is 0. The van der Waals surface area contributed by atoms with Gasteiger partial charge in [0, 0.05) is 0 Å². The second-order valence-corrected chi connectivity index (χ2v) is 9.83. The van der Waals surface area contributed by atoms with Crippen molar-refractivity contribution in [2.45, 2.75) is 65.2 Å². The summed E-state index contributed by atoms with van der Waals surface area (Å²) < 4.78 is 17.2. The van der Waals surface area contributed by atoms with Crippen molar-refractivity contribution in [3.8, 4) is 28.4 Å². The number of benzene rings is 3. The van der Waals surface area contributed by atoms with Crippen molar-refractivity contribution < 1.29 is 19.0 Å². The monoisotopic (exact) mass is 514 g/mol. The predicted molar refractivity (Wildman–Crippen MR) is 156 cm³/mol. The zero-order valence-electron chi connectivity index (χ0n) is 23.0. The van der Waals surface area contributed by atoms with E-state index in [0.29, 0.717) is 23.8 Å². The number of rotatable bonds is 17. The molecule has 0 bridgehead atoms. The quantitative estimate of drug-likeness (QED) is 0.0779.